The Bertz CT molecular complexity index is 792. The lowest BCUT2D eigenvalue weighted by Crippen LogP contribution is -1.95. The van der Waals surface area contributed by atoms with Crippen molar-refractivity contribution < 1.29 is 4.79 Å². The van der Waals surface area contributed by atoms with Crippen molar-refractivity contribution in [2.75, 3.05) is 5.32 Å². The Balaban J connectivity index is 2.08. The molecule has 0 unspecified atom stereocenters. The molecule has 4 heteroatoms. The summed E-state index contributed by atoms with van der Waals surface area (Å²) in [4.78, 5) is 14.6. The first kappa shape index (κ1) is 12.9. The normalized spacial score (nSPS) is 10.7. The predicted molar refractivity (Wildman–Crippen MR) is 85.8 cm³/mol. The lowest BCUT2D eigenvalue weighted by molar-refractivity contribution is 0.112. The molecule has 3 rings (SSSR count). The number of aryl methyl sites for hydroxylation is 1. The summed E-state index contributed by atoms with van der Waals surface area (Å²) in [6, 6.07) is 13.8. The van der Waals surface area contributed by atoms with Crippen molar-refractivity contribution in [3.63, 3.8) is 0 Å². The molecule has 0 aliphatic carbocycles. The lowest BCUT2D eigenvalue weighted by atomic mass is 10.2. The molecule has 1 aromatic heterocycles. The van der Waals surface area contributed by atoms with Gasteiger partial charge < -0.3 is 10.3 Å². The zero-order valence-electron chi connectivity index (χ0n) is 10.9. The van der Waals surface area contributed by atoms with Crippen LogP contribution in [0.4, 0.5) is 11.5 Å². The van der Waals surface area contributed by atoms with Gasteiger partial charge >= 0.3 is 0 Å². The fourth-order valence-corrected chi connectivity index (χ4v) is 2.83. The van der Waals surface area contributed by atoms with Gasteiger partial charge in [-0.15, -0.1) is 0 Å². The molecule has 100 valence electrons. The van der Waals surface area contributed by atoms with Crippen LogP contribution in [0.25, 0.3) is 10.9 Å². The fraction of sp³-hybridized carbons (Fsp3) is 0.0625. The summed E-state index contributed by atoms with van der Waals surface area (Å²) in [6.07, 6.45) is 0.878. The lowest BCUT2D eigenvalue weighted by Gasteiger charge is -2.08. The van der Waals surface area contributed by atoms with Crippen molar-refractivity contribution in [3.05, 3.63) is 58.1 Å². The minimum Gasteiger partial charge on any atom is -0.341 e. The summed E-state index contributed by atoms with van der Waals surface area (Å²) in [6.45, 7) is 2.04. The summed E-state index contributed by atoms with van der Waals surface area (Å²) < 4.78 is 0.966. The highest BCUT2D eigenvalue weighted by Crippen LogP contribution is 2.30. The van der Waals surface area contributed by atoms with Gasteiger partial charge in [-0.25, -0.2) is 0 Å². The Hall–Kier alpha value is -2.07. The first-order valence-corrected chi connectivity index (χ1v) is 7.07. The molecule has 0 saturated heterocycles. The Morgan fingerprint density at radius 2 is 2.00 bits per heavy atom. The zero-order valence-corrected chi connectivity index (χ0v) is 12.5. The van der Waals surface area contributed by atoms with Gasteiger partial charge in [0.05, 0.1) is 11.3 Å². The minimum absolute atomic E-state index is 0.646. The molecule has 2 N–H and O–H groups in total. The third-order valence-electron chi connectivity index (χ3n) is 3.25. The predicted octanol–water partition coefficient (Wildman–Crippen LogP) is 4.79. The number of anilines is 2. The average molecular weight is 329 g/mol. The quantitative estimate of drug-likeness (QED) is 0.678. The van der Waals surface area contributed by atoms with Gasteiger partial charge in [-0.1, -0.05) is 24.3 Å². The van der Waals surface area contributed by atoms with Gasteiger partial charge in [0, 0.05) is 15.4 Å². The Morgan fingerprint density at radius 1 is 1.20 bits per heavy atom. The topological polar surface area (TPSA) is 44.9 Å². The van der Waals surface area contributed by atoms with E-state index in [0.29, 0.717) is 11.4 Å². The van der Waals surface area contributed by atoms with Gasteiger partial charge in [0.2, 0.25) is 0 Å². The van der Waals surface area contributed by atoms with E-state index in [-0.39, 0.29) is 0 Å². The number of fused-ring (bicyclic) bond motifs is 1. The maximum atomic E-state index is 11.4. The van der Waals surface area contributed by atoms with E-state index in [0.717, 1.165) is 27.3 Å². The molecule has 20 heavy (non-hydrogen) atoms. The van der Waals surface area contributed by atoms with E-state index in [4.69, 9.17) is 0 Å². The molecule has 1 heterocycles. The number of H-pyrrole nitrogens is 1. The number of aromatic nitrogens is 1. The van der Waals surface area contributed by atoms with Crippen molar-refractivity contribution >= 4 is 44.6 Å². The van der Waals surface area contributed by atoms with E-state index >= 15 is 0 Å². The second kappa shape index (κ2) is 5.13. The number of hydrogen-bond donors (Lipinski definition) is 2. The number of aldehydes is 1. The number of benzene rings is 2. The number of carbonyl (C=O) groups is 1. The van der Waals surface area contributed by atoms with E-state index in [1.165, 1.54) is 5.56 Å². The standard InChI is InChI=1S/C16H13BrN2O/c1-10-6-7-15(13(17)8-10)19-16-12(9-20)11-4-2-3-5-14(11)18-16/h2-9,18-19H,1H3. The summed E-state index contributed by atoms with van der Waals surface area (Å²) in [5.74, 6) is 0.714. The number of carbonyl (C=O) groups excluding carboxylic acids is 1. The van der Waals surface area contributed by atoms with Gasteiger partial charge in [-0.3, -0.25) is 4.79 Å². The molecule has 0 radical (unpaired) electrons. The number of rotatable bonds is 3. The Morgan fingerprint density at radius 3 is 2.75 bits per heavy atom. The largest absolute Gasteiger partial charge is 0.341 e. The molecule has 0 fully saturated rings. The van der Waals surface area contributed by atoms with Gasteiger partial charge in [0.25, 0.3) is 0 Å². The van der Waals surface area contributed by atoms with Gasteiger partial charge in [0.15, 0.2) is 6.29 Å². The summed E-state index contributed by atoms with van der Waals surface area (Å²) in [5, 5.41) is 4.20. The van der Waals surface area contributed by atoms with Crippen LogP contribution >= 0.6 is 15.9 Å². The van der Waals surface area contributed by atoms with Crippen LogP contribution in [0.5, 0.6) is 0 Å². The highest BCUT2D eigenvalue weighted by Gasteiger charge is 2.11. The first-order valence-electron chi connectivity index (χ1n) is 6.28. The van der Waals surface area contributed by atoms with E-state index in [1.807, 2.05) is 49.4 Å². The van der Waals surface area contributed by atoms with Crippen LogP contribution in [0.1, 0.15) is 15.9 Å². The van der Waals surface area contributed by atoms with Crippen molar-refractivity contribution in [1.29, 1.82) is 0 Å². The van der Waals surface area contributed by atoms with Crippen molar-refractivity contribution in [2.45, 2.75) is 6.92 Å². The smallest absolute Gasteiger partial charge is 0.154 e. The van der Waals surface area contributed by atoms with Gasteiger partial charge in [-0.05, 0) is 46.6 Å². The number of hydrogen-bond acceptors (Lipinski definition) is 2. The Labute approximate surface area is 125 Å². The van der Waals surface area contributed by atoms with E-state index in [9.17, 15) is 4.79 Å². The Kier molecular flexibility index (Phi) is 3.32. The second-order valence-corrected chi connectivity index (χ2v) is 5.54. The van der Waals surface area contributed by atoms with Crippen LogP contribution in [0, 0.1) is 6.92 Å². The number of halogens is 1. The monoisotopic (exact) mass is 328 g/mol. The molecule has 0 spiro atoms. The molecule has 0 amide bonds. The molecule has 0 atom stereocenters. The van der Waals surface area contributed by atoms with Crippen LogP contribution in [0.2, 0.25) is 0 Å². The molecule has 2 aromatic carbocycles. The summed E-state index contributed by atoms with van der Waals surface area (Å²) in [7, 11) is 0. The highest BCUT2D eigenvalue weighted by molar-refractivity contribution is 9.10. The van der Waals surface area contributed by atoms with Crippen molar-refractivity contribution in [1.82, 2.24) is 4.98 Å². The molecular weight excluding hydrogens is 316 g/mol. The number of aromatic amines is 1. The van der Waals surface area contributed by atoms with Crippen LogP contribution in [0.3, 0.4) is 0 Å². The molecule has 0 aliphatic rings. The maximum absolute atomic E-state index is 11.4. The molecule has 3 nitrogen and oxygen atoms in total. The molecular formula is C16H13BrN2O. The highest BCUT2D eigenvalue weighted by atomic mass is 79.9. The second-order valence-electron chi connectivity index (χ2n) is 4.69. The van der Waals surface area contributed by atoms with Crippen LogP contribution in [0.15, 0.2) is 46.9 Å². The molecule has 0 aliphatic heterocycles. The first-order chi connectivity index (χ1) is 9.69. The van der Waals surface area contributed by atoms with Crippen LogP contribution in [-0.4, -0.2) is 11.3 Å². The van der Waals surface area contributed by atoms with E-state index in [1.54, 1.807) is 0 Å². The third-order valence-corrected chi connectivity index (χ3v) is 3.90. The molecule has 3 aromatic rings. The number of para-hydroxylation sites is 1. The van der Waals surface area contributed by atoms with Crippen LogP contribution in [-0.2, 0) is 0 Å². The summed E-state index contributed by atoms with van der Waals surface area (Å²) in [5.41, 5.74) is 3.69. The van der Waals surface area contributed by atoms with Crippen LogP contribution < -0.4 is 5.32 Å². The zero-order chi connectivity index (χ0) is 14.1. The van der Waals surface area contributed by atoms with Crippen molar-refractivity contribution in [2.24, 2.45) is 0 Å². The maximum Gasteiger partial charge on any atom is 0.154 e. The SMILES string of the molecule is Cc1ccc(Nc2[nH]c3ccccc3c2C=O)c(Br)c1. The minimum atomic E-state index is 0.646. The van der Waals surface area contributed by atoms with E-state index < -0.39 is 0 Å². The van der Waals surface area contributed by atoms with E-state index in [2.05, 4.69) is 26.2 Å². The third kappa shape index (κ3) is 2.23. The van der Waals surface area contributed by atoms with Crippen molar-refractivity contribution in [3.8, 4) is 0 Å². The fourth-order valence-electron chi connectivity index (χ4n) is 2.24. The van der Waals surface area contributed by atoms with Gasteiger partial charge in [0.1, 0.15) is 5.82 Å². The number of nitrogens with one attached hydrogen (secondary N) is 2. The molecule has 0 saturated carbocycles. The molecule has 0 bridgehead atoms. The van der Waals surface area contributed by atoms with Gasteiger partial charge in [-0.2, -0.15) is 0 Å². The summed E-state index contributed by atoms with van der Waals surface area (Å²) >= 11 is 3.53. The average Bonchev–Trinajstić information content (AvgIpc) is 2.79.